The minimum absolute atomic E-state index is 0.0480. The number of carbonyl (C=O) groups is 2. The molecule has 0 bridgehead atoms. The SMILES string of the molecule is O=C(Nc1ccc(-c2ccccc2)cc1)C(=O)N1CCC(CO)C1. The lowest BCUT2D eigenvalue weighted by atomic mass is 10.1. The van der Waals surface area contributed by atoms with E-state index >= 15 is 0 Å². The summed E-state index contributed by atoms with van der Waals surface area (Å²) in [5.74, 6) is -1.11. The van der Waals surface area contributed by atoms with Crippen molar-refractivity contribution in [2.45, 2.75) is 6.42 Å². The number of hydrogen-bond donors (Lipinski definition) is 2. The normalized spacial score (nSPS) is 16.9. The van der Waals surface area contributed by atoms with Crippen LogP contribution in [0.3, 0.4) is 0 Å². The quantitative estimate of drug-likeness (QED) is 0.850. The fraction of sp³-hybridized carbons (Fsp3) is 0.263. The lowest BCUT2D eigenvalue weighted by Gasteiger charge is -2.15. The van der Waals surface area contributed by atoms with Crippen molar-refractivity contribution in [3.05, 3.63) is 54.6 Å². The fourth-order valence-corrected chi connectivity index (χ4v) is 2.87. The Labute approximate surface area is 140 Å². The number of hydrogen-bond acceptors (Lipinski definition) is 3. The van der Waals surface area contributed by atoms with Crippen LogP contribution in [0.15, 0.2) is 54.6 Å². The summed E-state index contributed by atoms with van der Waals surface area (Å²) < 4.78 is 0. The Morgan fingerprint density at radius 2 is 1.71 bits per heavy atom. The van der Waals surface area contributed by atoms with Gasteiger partial charge in [-0.1, -0.05) is 42.5 Å². The molecule has 3 rings (SSSR count). The Hall–Kier alpha value is -2.66. The number of likely N-dealkylation sites (tertiary alicyclic amines) is 1. The van der Waals surface area contributed by atoms with Crippen molar-refractivity contribution < 1.29 is 14.7 Å². The molecule has 1 unspecified atom stereocenters. The lowest BCUT2D eigenvalue weighted by molar-refractivity contribution is -0.142. The first-order valence-electron chi connectivity index (χ1n) is 8.04. The van der Waals surface area contributed by atoms with Crippen LogP contribution in [0.2, 0.25) is 0 Å². The number of nitrogens with one attached hydrogen (secondary N) is 1. The summed E-state index contributed by atoms with van der Waals surface area (Å²) in [6, 6.07) is 17.3. The highest BCUT2D eigenvalue weighted by molar-refractivity contribution is 6.39. The van der Waals surface area contributed by atoms with Crippen molar-refractivity contribution in [2.75, 3.05) is 25.0 Å². The van der Waals surface area contributed by atoms with Crippen molar-refractivity contribution >= 4 is 17.5 Å². The van der Waals surface area contributed by atoms with E-state index in [1.165, 1.54) is 4.90 Å². The molecule has 1 heterocycles. The van der Waals surface area contributed by atoms with E-state index in [2.05, 4.69) is 5.32 Å². The Morgan fingerprint density at radius 1 is 1.04 bits per heavy atom. The number of nitrogens with zero attached hydrogens (tertiary/aromatic N) is 1. The number of aliphatic hydroxyl groups is 1. The molecule has 1 atom stereocenters. The molecule has 0 spiro atoms. The number of carbonyl (C=O) groups excluding carboxylic acids is 2. The largest absolute Gasteiger partial charge is 0.396 e. The zero-order valence-corrected chi connectivity index (χ0v) is 13.3. The molecular formula is C19H20N2O3. The van der Waals surface area contributed by atoms with E-state index in [1.807, 2.05) is 42.5 Å². The predicted molar refractivity (Wildman–Crippen MR) is 92.3 cm³/mol. The van der Waals surface area contributed by atoms with E-state index in [4.69, 9.17) is 5.11 Å². The monoisotopic (exact) mass is 324 g/mol. The molecule has 0 aliphatic carbocycles. The van der Waals surface area contributed by atoms with Crippen LogP contribution in [0.25, 0.3) is 11.1 Å². The van der Waals surface area contributed by atoms with Crippen molar-refractivity contribution in [1.82, 2.24) is 4.90 Å². The van der Waals surface area contributed by atoms with Gasteiger partial charge in [-0.3, -0.25) is 9.59 Å². The first kappa shape index (κ1) is 16.2. The highest BCUT2D eigenvalue weighted by atomic mass is 16.3. The second kappa shape index (κ2) is 7.27. The second-order valence-corrected chi connectivity index (χ2v) is 5.99. The Bertz CT molecular complexity index is 713. The number of amides is 2. The van der Waals surface area contributed by atoms with Gasteiger partial charge in [-0.25, -0.2) is 0 Å². The van der Waals surface area contributed by atoms with Crippen LogP contribution >= 0.6 is 0 Å². The molecule has 2 aromatic carbocycles. The van der Waals surface area contributed by atoms with E-state index < -0.39 is 11.8 Å². The first-order chi connectivity index (χ1) is 11.7. The molecule has 24 heavy (non-hydrogen) atoms. The average molecular weight is 324 g/mol. The van der Waals surface area contributed by atoms with Gasteiger partial charge in [-0.15, -0.1) is 0 Å². The summed E-state index contributed by atoms with van der Waals surface area (Å²) in [5.41, 5.74) is 2.73. The molecule has 5 heteroatoms. The molecule has 2 N–H and O–H groups in total. The van der Waals surface area contributed by atoms with Gasteiger partial charge in [0.25, 0.3) is 0 Å². The van der Waals surface area contributed by atoms with E-state index in [1.54, 1.807) is 12.1 Å². The van der Waals surface area contributed by atoms with Crippen LogP contribution in [-0.4, -0.2) is 41.5 Å². The number of anilines is 1. The van der Waals surface area contributed by atoms with E-state index in [-0.39, 0.29) is 12.5 Å². The highest BCUT2D eigenvalue weighted by Gasteiger charge is 2.29. The number of benzene rings is 2. The molecule has 1 saturated heterocycles. The third-order valence-electron chi connectivity index (χ3n) is 4.28. The maximum atomic E-state index is 12.1. The van der Waals surface area contributed by atoms with Gasteiger partial charge < -0.3 is 15.3 Å². The van der Waals surface area contributed by atoms with Crippen LogP contribution in [0.1, 0.15) is 6.42 Å². The number of aliphatic hydroxyl groups excluding tert-OH is 1. The summed E-state index contributed by atoms with van der Waals surface area (Å²) in [5, 5.41) is 11.8. The van der Waals surface area contributed by atoms with Crippen LogP contribution in [0.4, 0.5) is 5.69 Å². The summed E-state index contributed by atoms with van der Waals surface area (Å²) in [4.78, 5) is 25.7. The van der Waals surface area contributed by atoms with Gasteiger partial charge >= 0.3 is 11.8 Å². The summed E-state index contributed by atoms with van der Waals surface area (Å²) >= 11 is 0. The topological polar surface area (TPSA) is 69.6 Å². The van der Waals surface area contributed by atoms with E-state index in [0.29, 0.717) is 18.8 Å². The molecular weight excluding hydrogens is 304 g/mol. The van der Waals surface area contributed by atoms with Gasteiger partial charge in [0.1, 0.15) is 0 Å². The van der Waals surface area contributed by atoms with Crippen LogP contribution in [-0.2, 0) is 9.59 Å². The molecule has 1 fully saturated rings. The Kier molecular flexibility index (Phi) is 4.91. The molecule has 1 aliphatic heterocycles. The van der Waals surface area contributed by atoms with Gasteiger partial charge in [-0.2, -0.15) is 0 Å². The molecule has 2 aromatic rings. The fourth-order valence-electron chi connectivity index (χ4n) is 2.87. The smallest absolute Gasteiger partial charge is 0.313 e. The summed E-state index contributed by atoms with van der Waals surface area (Å²) in [6.45, 7) is 1.01. The Balaban J connectivity index is 1.61. The van der Waals surface area contributed by atoms with Gasteiger partial charge in [0.05, 0.1) is 0 Å². The van der Waals surface area contributed by atoms with E-state index in [0.717, 1.165) is 17.5 Å². The van der Waals surface area contributed by atoms with Crippen LogP contribution < -0.4 is 5.32 Å². The third kappa shape index (κ3) is 3.63. The van der Waals surface area contributed by atoms with Crippen molar-refractivity contribution in [2.24, 2.45) is 5.92 Å². The molecule has 0 saturated carbocycles. The maximum absolute atomic E-state index is 12.1. The lowest BCUT2D eigenvalue weighted by Crippen LogP contribution is -2.38. The molecule has 2 amide bonds. The summed E-state index contributed by atoms with van der Waals surface area (Å²) in [7, 11) is 0. The standard InChI is InChI=1S/C19H20N2O3/c22-13-14-10-11-21(12-14)19(24)18(23)20-17-8-6-16(7-9-17)15-4-2-1-3-5-15/h1-9,14,22H,10-13H2,(H,20,23). The molecule has 1 aliphatic rings. The van der Waals surface area contributed by atoms with Crippen molar-refractivity contribution in [1.29, 1.82) is 0 Å². The third-order valence-corrected chi connectivity index (χ3v) is 4.28. The molecule has 0 radical (unpaired) electrons. The second-order valence-electron chi connectivity index (χ2n) is 5.99. The van der Waals surface area contributed by atoms with Crippen molar-refractivity contribution in [3.8, 4) is 11.1 Å². The maximum Gasteiger partial charge on any atom is 0.313 e. The van der Waals surface area contributed by atoms with Gasteiger partial charge in [0.15, 0.2) is 0 Å². The van der Waals surface area contributed by atoms with Gasteiger partial charge in [0, 0.05) is 31.3 Å². The molecule has 5 nitrogen and oxygen atoms in total. The predicted octanol–water partition coefficient (Wildman–Crippen LogP) is 2.13. The van der Waals surface area contributed by atoms with Crippen LogP contribution in [0, 0.1) is 5.92 Å². The van der Waals surface area contributed by atoms with Gasteiger partial charge in [-0.05, 0) is 29.7 Å². The zero-order chi connectivity index (χ0) is 16.9. The van der Waals surface area contributed by atoms with E-state index in [9.17, 15) is 9.59 Å². The molecule has 0 aromatic heterocycles. The molecule has 124 valence electrons. The highest BCUT2D eigenvalue weighted by Crippen LogP contribution is 2.21. The van der Waals surface area contributed by atoms with Crippen LogP contribution in [0.5, 0.6) is 0 Å². The Morgan fingerprint density at radius 3 is 2.33 bits per heavy atom. The average Bonchev–Trinajstić information content (AvgIpc) is 3.11. The summed E-state index contributed by atoms with van der Waals surface area (Å²) in [6.07, 6.45) is 0.737. The first-order valence-corrected chi connectivity index (χ1v) is 8.04. The number of rotatable bonds is 3. The van der Waals surface area contributed by atoms with Crippen molar-refractivity contribution in [3.63, 3.8) is 0 Å². The zero-order valence-electron chi connectivity index (χ0n) is 13.3. The van der Waals surface area contributed by atoms with Gasteiger partial charge in [0.2, 0.25) is 0 Å². The minimum Gasteiger partial charge on any atom is -0.396 e. The minimum atomic E-state index is -0.638.